The number of hydrogen-bond donors (Lipinski definition) is 1. The molecule has 1 aromatic heterocycles. The normalized spacial score (nSPS) is 11.8. The highest BCUT2D eigenvalue weighted by Gasteiger charge is 2.21. The Balaban J connectivity index is 2.47. The summed E-state index contributed by atoms with van der Waals surface area (Å²) < 4.78 is 1.88. The van der Waals surface area contributed by atoms with Crippen LogP contribution < -0.4 is 5.73 Å². The summed E-state index contributed by atoms with van der Waals surface area (Å²) in [5, 5.41) is 4.78. The van der Waals surface area contributed by atoms with Crippen molar-refractivity contribution in [2.75, 3.05) is 5.73 Å². The van der Waals surface area contributed by atoms with Gasteiger partial charge in [-0.25, -0.2) is 4.68 Å². The number of anilines is 1. The van der Waals surface area contributed by atoms with Crippen LogP contribution in [0.25, 0.3) is 5.69 Å². The van der Waals surface area contributed by atoms with Crippen molar-refractivity contribution in [2.45, 2.75) is 47.0 Å². The second-order valence-electron chi connectivity index (χ2n) is 6.55. The van der Waals surface area contributed by atoms with E-state index < -0.39 is 0 Å². The maximum atomic E-state index is 6.34. The molecule has 3 heteroatoms. The largest absolute Gasteiger partial charge is 0.383 e. The third-order valence-corrected chi connectivity index (χ3v) is 3.30. The molecule has 3 nitrogen and oxygen atoms in total. The number of benzene rings is 1. The van der Waals surface area contributed by atoms with Crippen LogP contribution in [0, 0.1) is 5.41 Å². The Morgan fingerprint density at radius 2 is 1.80 bits per heavy atom. The van der Waals surface area contributed by atoms with Gasteiger partial charge in [0.2, 0.25) is 0 Å². The minimum absolute atomic E-state index is 0.213. The first kappa shape index (κ1) is 14.6. The van der Waals surface area contributed by atoms with Crippen LogP contribution in [0.3, 0.4) is 0 Å². The highest BCUT2D eigenvalue weighted by molar-refractivity contribution is 5.50. The van der Waals surface area contributed by atoms with Gasteiger partial charge < -0.3 is 5.73 Å². The van der Waals surface area contributed by atoms with Gasteiger partial charge in [-0.05, 0) is 30.4 Å². The second-order valence-corrected chi connectivity index (χ2v) is 6.55. The molecular weight excluding hydrogens is 246 g/mol. The van der Waals surface area contributed by atoms with Crippen LogP contribution in [0.5, 0.6) is 0 Å². The van der Waals surface area contributed by atoms with E-state index in [-0.39, 0.29) is 5.41 Å². The summed E-state index contributed by atoms with van der Waals surface area (Å²) in [5.74, 6) is 0.789. The Labute approximate surface area is 121 Å². The molecule has 0 radical (unpaired) electrons. The number of para-hydroxylation sites is 1. The SMILES string of the molecule is CCCc1c(CC(C)(C)C)nn(-c2ccccc2)c1N. The van der Waals surface area contributed by atoms with Crippen LogP contribution in [-0.4, -0.2) is 9.78 Å². The first-order chi connectivity index (χ1) is 9.42. The molecule has 2 rings (SSSR count). The Bertz CT molecular complexity index is 562. The Morgan fingerprint density at radius 1 is 1.15 bits per heavy atom. The van der Waals surface area contributed by atoms with E-state index in [0.29, 0.717) is 0 Å². The van der Waals surface area contributed by atoms with E-state index in [4.69, 9.17) is 10.8 Å². The lowest BCUT2D eigenvalue weighted by molar-refractivity contribution is 0.403. The summed E-state index contributed by atoms with van der Waals surface area (Å²) in [6, 6.07) is 10.1. The average Bonchev–Trinajstić information content (AvgIpc) is 2.67. The smallest absolute Gasteiger partial charge is 0.130 e. The number of nitrogen functional groups attached to an aromatic ring is 1. The average molecular weight is 271 g/mol. The summed E-state index contributed by atoms with van der Waals surface area (Å²) in [7, 11) is 0. The summed E-state index contributed by atoms with van der Waals surface area (Å²) >= 11 is 0. The maximum Gasteiger partial charge on any atom is 0.130 e. The molecule has 2 N–H and O–H groups in total. The van der Waals surface area contributed by atoms with Crippen molar-refractivity contribution < 1.29 is 0 Å². The molecule has 0 aliphatic heterocycles. The molecule has 20 heavy (non-hydrogen) atoms. The third kappa shape index (κ3) is 3.21. The second kappa shape index (κ2) is 5.70. The lowest BCUT2D eigenvalue weighted by Gasteiger charge is -2.17. The van der Waals surface area contributed by atoms with Crippen LogP contribution in [0.1, 0.15) is 45.4 Å². The number of hydrogen-bond acceptors (Lipinski definition) is 2. The van der Waals surface area contributed by atoms with Crippen LogP contribution in [-0.2, 0) is 12.8 Å². The summed E-state index contributed by atoms with van der Waals surface area (Å²) in [5.41, 5.74) is 9.94. The lowest BCUT2D eigenvalue weighted by atomic mass is 9.89. The molecule has 0 amide bonds. The van der Waals surface area contributed by atoms with Gasteiger partial charge in [0.1, 0.15) is 5.82 Å². The Hall–Kier alpha value is -1.77. The van der Waals surface area contributed by atoms with Crippen molar-refractivity contribution in [1.82, 2.24) is 9.78 Å². The van der Waals surface area contributed by atoms with Crippen molar-refractivity contribution in [3.8, 4) is 5.69 Å². The maximum absolute atomic E-state index is 6.34. The van der Waals surface area contributed by atoms with Crippen molar-refractivity contribution in [1.29, 1.82) is 0 Å². The van der Waals surface area contributed by atoms with Crippen molar-refractivity contribution in [3.05, 3.63) is 41.6 Å². The molecular formula is C17H25N3. The fourth-order valence-corrected chi connectivity index (χ4v) is 2.44. The van der Waals surface area contributed by atoms with Crippen LogP contribution in [0.2, 0.25) is 0 Å². The summed E-state index contributed by atoms with van der Waals surface area (Å²) in [4.78, 5) is 0. The Kier molecular flexibility index (Phi) is 4.17. The minimum Gasteiger partial charge on any atom is -0.383 e. The number of nitrogens with zero attached hydrogens (tertiary/aromatic N) is 2. The predicted octanol–water partition coefficient (Wildman–Crippen LogP) is 4.00. The van der Waals surface area contributed by atoms with E-state index in [1.807, 2.05) is 35.0 Å². The molecule has 0 bridgehead atoms. The van der Waals surface area contributed by atoms with Crippen LogP contribution in [0.4, 0.5) is 5.82 Å². The van der Waals surface area contributed by atoms with Gasteiger partial charge in [0, 0.05) is 5.56 Å². The highest BCUT2D eigenvalue weighted by Crippen LogP contribution is 2.28. The van der Waals surface area contributed by atoms with E-state index in [1.54, 1.807) is 0 Å². The molecule has 0 unspecified atom stereocenters. The lowest BCUT2D eigenvalue weighted by Crippen LogP contribution is -2.11. The zero-order valence-electron chi connectivity index (χ0n) is 13.0. The van der Waals surface area contributed by atoms with Gasteiger partial charge in [-0.15, -0.1) is 0 Å². The van der Waals surface area contributed by atoms with E-state index in [9.17, 15) is 0 Å². The minimum atomic E-state index is 0.213. The van der Waals surface area contributed by atoms with E-state index >= 15 is 0 Å². The van der Waals surface area contributed by atoms with E-state index in [2.05, 4.69) is 27.7 Å². The van der Waals surface area contributed by atoms with Gasteiger partial charge in [0.15, 0.2) is 0 Å². The van der Waals surface area contributed by atoms with Gasteiger partial charge in [-0.2, -0.15) is 5.10 Å². The molecule has 2 aromatic rings. The molecule has 1 heterocycles. The fraction of sp³-hybridized carbons (Fsp3) is 0.471. The summed E-state index contributed by atoms with van der Waals surface area (Å²) in [6.07, 6.45) is 3.03. The van der Waals surface area contributed by atoms with E-state index in [0.717, 1.165) is 36.5 Å². The predicted molar refractivity (Wildman–Crippen MR) is 85.1 cm³/mol. The standard InChI is InChI=1S/C17H25N3/c1-5-9-14-15(12-17(2,3)4)19-20(16(14)18)13-10-7-6-8-11-13/h6-8,10-11H,5,9,12,18H2,1-4H3. The molecule has 1 aromatic carbocycles. The third-order valence-electron chi connectivity index (χ3n) is 3.30. The topological polar surface area (TPSA) is 43.8 Å². The first-order valence-corrected chi connectivity index (χ1v) is 7.34. The van der Waals surface area contributed by atoms with Crippen LogP contribution in [0.15, 0.2) is 30.3 Å². The number of rotatable bonds is 4. The van der Waals surface area contributed by atoms with Gasteiger partial charge in [0.25, 0.3) is 0 Å². The fourth-order valence-electron chi connectivity index (χ4n) is 2.44. The molecule has 0 aliphatic rings. The highest BCUT2D eigenvalue weighted by atomic mass is 15.3. The van der Waals surface area contributed by atoms with Gasteiger partial charge >= 0.3 is 0 Å². The molecule has 0 atom stereocenters. The quantitative estimate of drug-likeness (QED) is 0.913. The number of nitrogens with two attached hydrogens (primary N) is 1. The molecule has 0 saturated heterocycles. The molecule has 0 aliphatic carbocycles. The molecule has 0 spiro atoms. The van der Waals surface area contributed by atoms with E-state index in [1.165, 1.54) is 5.56 Å². The Morgan fingerprint density at radius 3 is 2.35 bits per heavy atom. The number of aromatic nitrogens is 2. The zero-order chi connectivity index (χ0) is 14.8. The first-order valence-electron chi connectivity index (χ1n) is 7.34. The van der Waals surface area contributed by atoms with Gasteiger partial charge in [0.05, 0.1) is 11.4 Å². The zero-order valence-corrected chi connectivity index (χ0v) is 13.0. The van der Waals surface area contributed by atoms with Gasteiger partial charge in [-0.1, -0.05) is 52.3 Å². The van der Waals surface area contributed by atoms with Crippen LogP contribution >= 0.6 is 0 Å². The van der Waals surface area contributed by atoms with Crippen molar-refractivity contribution in [2.24, 2.45) is 5.41 Å². The molecule has 0 saturated carbocycles. The molecule has 0 fully saturated rings. The van der Waals surface area contributed by atoms with Crippen molar-refractivity contribution in [3.63, 3.8) is 0 Å². The monoisotopic (exact) mass is 271 g/mol. The summed E-state index contributed by atoms with van der Waals surface area (Å²) in [6.45, 7) is 8.89. The van der Waals surface area contributed by atoms with Crippen molar-refractivity contribution >= 4 is 5.82 Å². The molecule has 108 valence electrons. The van der Waals surface area contributed by atoms with Gasteiger partial charge in [-0.3, -0.25) is 0 Å².